The van der Waals surface area contributed by atoms with Crippen LogP contribution in [0.4, 0.5) is 0 Å². The Morgan fingerprint density at radius 1 is 1.31 bits per heavy atom. The highest BCUT2D eigenvalue weighted by atomic mass is 35.5. The Morgan fingerprint density at radius 2 is 2.06 bits per heavy atom. The number of hydrogen-bond donors (Lipinski definition) is 1. The number of carbonyl (C=O) groups is 1. The lowest BCUT2D eigenvalue weighted by atomic mass is 10.2. The summed E-state index contributed by atoms with van der Waals surface area (Å²) in [6.07, 6.45) is 4.27. The van der Waals surface area contributed by atoms with E-state index in [1.54, 1.807) is 6.07 Å². The molecule has 1 heterocycles. The molecule has 0 spiro atoms. The second-order valence-corrected chi connectivity index (χ2v) is 5.16. The Morgan fingerprint density at radius 3 is 2.69 bits per heavy atom. The lowest BCUT2D eigenvalue weighted by Gasteiger charge is -2.03. The van der Waals surface area contributed by atoms with Crippen molar-refractivity contribution >= 4 is 40.4 Å². The molecule has 1 aromatic heterocycles. The van der Waals surface area contributed by atoms with Crippen molar-refractivity contribution in [3.05, 3.63) is 21.3 Å². The van der Waals surface area contributed by atoms with Crippen LogP contribution in [0.2, 0.25) is 5.02 Å². The molecule has 0 saturated heterocycles. The van der Waals surface area contributed by atoms with E-state index in [2.05, 4.69) is 5.32 Å². The van der Waals surface area contributed by atoms with Gasteiger partial charge in [0.05, 0.1) is 5.02 Å². The van der Waals surface area contributed by atoms with Crippen molar-refractivity contribution in [2.75, 3.05) is 12.4 Å². The van der Waals surface area contributed by atoms with Crippen molar-refractivity contribution in [3.63, 3.8) is 0 Å². The summed E-state index contributed by atoms with van der Waals surface area (Å²) in [6, 6.07) is 1.74. The third kappa shape index (κ3) is 4.73. The van der Waals surface area contributed by atoms with Gasteiger partial charge in [-0.05, 0) is 24.3 Å². The third-order valence-corrected chi connectivity index (χ3v) is 3.78. The largest absolute Gasteiger partial charge is 0.351 e. The fourth-order valence-electron chi connectivity index (χ4n) is 1.31. The average Bonchev–Trinajstić information content (AvgIpc) is 2.69. The zero-order valence-electron chi connectivity index (χ0n) is 8.97. The van der Waals surface area contributed by atoms with Gasteiger partial charge in [0.2, 0.25) is 0 Å². The van der Waals surface area contributed by atoms with Crippen LogP contribution in [0.25, 0.3) is 0 Å². The van der Waals surface area contributed by atoms with Crippen molar-refractivity contribution < 1.29 is 4.79 Å². The molecule has 0 aromatic carbocycles. The van der Waals surface area contributed by atoms with Crippen LogP contribution in [-0.4, -0.2) is 18.3 Å². The molecule has 1 N–H and O–H groups in total. The van der Waals surface area contributed by atoms with E-state index in [1.165, 1.54) is 11.3 Å². The van der Waals surface area contributed by atoms with Crippen molar-refractivity contribution in [2.24, 2.45) is 0 Å². The van der Waals surface area contributed by atoms with Crippen LogP contribution in [0.1, 0.15) is 35.4 Å². The number of hydrogen-bond acceptors (Lipinski definition) is 2. The van der Waals surface area contributed by atoms with E-state index in [0.717, 1.165) is 31.6 Å². The van der Waals surface area contributed by atoms with Gasteiger partial charge < -0.3 is 5.32 Å². The number of rotatable bonds is 7. The van der Waals surface area contributed by atoms with E-state index in [4.69, 9.17) is 23.2 Å². The second kappa shape index (κ2) is 7.93. The number of amides is 1. The summed E-state index contributed by atoms with van der Waals surface area (Å²) in [7, 11) is 0. The van der Waals surface area contributed by atoms with Crippen LogP contribution in [-0.2, 0) is 0 Å². The smallest absolute Gasteiger partial charge is 0.262 e. The van der Waals surface area contributed by atoms with E-state index in [1.807, 2.05) is 5.38 Å². The molecule has 90 valence electrons. The first-order chi connectivity index (χ1) is 7.75. The minimum atomic E-state index is -0.0719. The molecular formula is C11H15Cl2NOS. The molecule has 0 atom stereocenters. The molecule has 0 radical (unpaired) electrons. The second-order valence-electron chi connectivity index (χ2n) is 3.46. The Labute approximate surface area is 110 Å². The van der Waals surface area contributed by atoms with E-state index >= 15 is 0 Å². The van der Waals surface area contributed by atoms with Gasteiger partial charge >= 0.3 is 0 Å². The molecule has 0 unspecified atom stereocenters. The van der Waals surface area contributed by atoms with Crippen LogP contribution in [0.5, 0.6) is 0 Å². The number of unbranched alkanes of at least 4 members (excludes halogenated alkanes) is 3. The van der Waals surface area contributed by atoms with Gasteiger partial charge in [-0.3, -0.25) is 4.79 Å². The molecule has 2 nitrogen and oxygen atoms in total. The average molecular weight is 280 g/mol. The van der Waals surface area contributed by atoms with Gasteiger partial charge in [-0.1, -0.05) is 24.4 Å². The molecular weight excluding hydrogens is 265 g/mol. The molecule has 1 amide bonds. The van der Waals surface area contributed by atoms with Crippen LogP contribution < -0.4 is 5.32 Å². The predicted molar refractivity (Wildman–Crippen MR) is 70.9 cm³/mol. The van der Waals surface area contributed by atoms with Crippen molar-refractivity contribution in [3.8, 4) is 0 Å². The van der Waals surface area contributed by atoms with Crippen LogP contribution in [0.3, 0.4) is 0 Å². The highest BCUT2D eigenvalue weighted by molar-refractivity contribution is 7.12. The summed E-state index contributed by atoms with van der Waals surface area (Å²) < 4.78 is 0. The molecule has 0 aliphatic heterocycles. The molecule has 0 saturated carbocycles. The summed E-state index contributed by atoms with van der Waals surface area (Å²) in [6.45, 7) is 0.704. The maximum Gasteiger partial charge on any atom is 0.262 e. The zero-order valence-corrected chi connectivity index (χ0v) is 11.3. The normalized spacial score (nSPS) is 10.4. The quantitative estimate of drug-likeness (QED) is 0.595. The van der Waals surface area contributed by atoms with Gasteiger partial charge in [0.15, 0.2) is 0 Å². The van der Waals surface area contributed by atoms with E-state index in [0.29, 0.717) is 16.4 Å². The van der Waals surface area contributed by atoms with Crippen molar-refractivity contribution in [1.29, 1.82) is 0 Å². The van der Waals surface area contributed by atoms with Gasteiger partial charge in [-0.15, -0.1) is 22.9 Å². The van der Waals surface area contributed by atoms with Crippen molar-refractivity contribution in [1.82, 2.24) is 5.32 Å². The summed E-state index contributed by atoms with van der Waals surface area (Å²) in [5.41, 5.74) is 0. The lowest BCUT2D eigenvalue weighted by molar-refractivity contribution is 0.0957. The molecule has 0 aliphatic carbocycles. The summed E-state index contributed by atoms with van der Waals surface area (Å²) in [5.74, 6) is 0.648. The monoisotopic (exact) mass is 279 g/mol. The Balaban J connectivity index is 2.14. The Bertz CT molecular complexity index is 328. The SMILES string of the molecule is O=C(NCCCCCCCl)c1sccc1Cl. The number of nitrogens with one attached hydrogen (secondary N) is 1. The minimum absolute atomic E-state index is 0.0719. The van der Waals surface area contributed by atoms with Crippen LogP contribution >= 0.6 is 34.5 Å². The van der Waals surface area contributed by atoms with E-state index < -0.39 is 0 Å². The maximum atomic E-state index is 11.6. The van der Waals surface area contributed by atoms with Crippen molar-refractivity contribution in [2.45, 2.75) is 25.7 Å². The van der Waals surface area contributed by atoms with Gasteiger partial charge in [0, 0.05) is 12.4 Å². The Kier molecular flexibility index (Phi) is 6.85. The topological polar surface area (TPSA) is 29.1 Å². The molecule has 16 heavy (non-hydrogen) atoms. The fraction of sp³-hybridized carbons (Fsp3) is 0.545. The number of carbonyl (C=O) groups excluding carboxylic acids is 1. The molecule has 0 bridgehead atoms. The highest BCUT2D eigenvalue weighted by Gasteiger charge is 2.10. The predicted octanol–water partition coefficient (Wildman–Crippen LogP) is 3.93. The Hall–Kier alpha value is -0.250. The molecule has 1 aromatic rings. The summed E-state index contributed by atoms with van der Waals surface area (Å²) >= 11 is 12.8. The lowest BCUT2D eigenvalue weighted by Crippen LogP contribution is -2.23. The van der Waals surface area contributed by atoms with Gasteiger partial charge in [0.1, 0.15) is 4.88 Å². The molecule has 1 rings (SSSR count). The zero-order chi connectivity index (χ0) is 11.8. The number of halogens is 2. The van der Waals surface area contributed by atoms with E-state index in [-0.39, 0.29) is 5.91 Å². The summed E-state index contributed by atoms with van der Waals surface area (Å²) in [5, 5.41) is 5.21. The highest BCUT2D eigenvalue weighted by Crippen LogP contribution is 2.21. The number of alkyl halides is 1. The first-order valence-corrected chi connectivity index (χ1v) is 7.12. The van der Waals surface area contributed by atoms with Gasteiger partial charge in [0.25, 0.3) is 5.91 Å². The summed E-state index contributed by atoms with van der Waals surface area (Å²) in [4.78, 5) is 12.2. The van der Waals surface area contributed by atoms with Crippen LogP contribution in [0, 0.1) is 0 Å². The molecule has 5 heteroatoms. The third-order valence-electron chi connectivity index (χ3n) is 2.17. The minimum Gasteiger partial charge on any atom is -0.351 e. The van der Waals surface area contributed by atoms with Crippen LogP contribution in [0.15, 0.2) is 11.4 Å². The van der Waals surface area contributed by atoms with Gasteiger partial charge in [-0.2, -0.15) is 0 Å². The number of thiophene rings is 1. The first kappa shape index (κ1) is 13.8. The fourth-order valence-corrected chi connectivity index (χ4v) is 2.56. The standard InChI is InChI=1S/C11H15Cl2NOS/c12-6-3-1-2-4-7-14-11(15)10-9(13)5-8-16-10/h5,8H,1-4,6-7H2,(H,14,15). The van der Waals surface area contributed by atoms with E-state index in [9.17, 15) is 4.79 Å². The molecule has 0 fully saturated rings. The molecule has 0 aliphatic rings. The maximum absolute atomic E-state index is 11.6. The van der Waals surface area contributed by atoms with Gasteiger partial charge in [-0.25, -0.2) is 0 Å². The first-order valence-electron chi connectivity index (χ1n) is 5.33.